The number of aromatic nitrogens is 2. The van der Waals surface area contributed by atoms with Crippen LogP contribution in [0.25, 0.3) is 0 Å². The van der Waals surface area contributed by atoms with E-state index in [0.29, 0.717) is 12.4 Å². The van der Waals surface area contributed by atoms with E-state index in [9.17, 15) is 4.79 Å². The van der Waals surface area contributed by atoms with Gasteiger partial charge in [0.05, 0.1) is 12.7 Å². The summed E-state index contributed by atoms with van der Waals surface area (Å²) in [5, 5.41) is 0. The number of oxazole rings is 1. The van der Waals surface area contributed by atoms with Crippen LogP contribution in [0.2, 0.25) is 0 Å². The second kappa shape index (κ2) is 8.25. The molecule has 25 heavy (non-hydrogen) atoms. The van der Waals surface area contributed by atoms with Crippen molar-refractivity contribution < 1.29 is 9.21 Å². The number of aryl methyl sites for hydroxylation is 1. The molecule has 1 fully saturated rings. The highest BCUT2D eigenvalue weighted by atomic mass is 16.4. The Morgan fingerprint density at radius 1 is 1.40 bits per heavy atom. The maximum atomic E-state index is 12.1. The van der Waals surface area contributed by atoms with Crippen LogP contribution in [-0.4, -0.2) is 51.4 Å². The monoisotopic (exact) mass is 342 g/mol. The van der Waals surface area contributed by atoms with E-state index in [0.717, 1.165) is 50.4 Å². The van der Waals surface area contributed by atoms with Crippen molar-refractivity contribution in [3.05, 3.63) is 47.9 Å². The molecule has 6 nitrogen and oxygen atoms in total. The number of hydrogen-bond donors (Lipinski definition) is 0. The van der Waals surface area contributed by atoms with Gasteiger partial charge in [-0.25, -0.2) is 4.98 Å². The Hall–Kier alpha value is -2.21. The van der Waals surface area contributed by atoms with E-state index >= 15 is 0 Å². The number of nitrogens with zero attached hydrogens (tertiary/aromatic N) is 4. The zero-order chi connectivity index (χ0) is 17.6. The van der Waals surface area contributed by atoms with Crippen LogP contribution in [-0.2, 0) is 24.2 Å². The maximum Gasteiger partial charge on any atom is 0.220 e. The highest BCUT2D eigenvalue weighted by Gasteiger charge is 2.30. The van der Waals surface area contributed by atoms with E-state index in [1.165, 1.54) is 0 Å². The Morgan fingerprint density at radius 2 is 2.28 bits per heavy atom. The average Bonchev–Trinajstić information content (AvgIpc) is 3.27. The summed E-state index contributed by atoms with van der Waals surface area (Å²) < 4.78 is 5.68. The Morgan fingerprint density at radius 3 is 2.96 bits per heavy atom. The van der Waals surface area contributed by atoms with Crippen LogP contribution in [0, 0.1) is 0 Å². The zero-order valence-corrected chi connectivity index (χ0v) is 15.0. The van der Waals surface area contributed by atoms with E-state index < -0.39 is 0 Å². The molecule has 2 aromatic heterocycles. The van der Waals surface area contributed by atoms with Gasteiger partial charge in [0.1, 0.15) is 5.76 Å². The van der Waals surface area contributed by atoms with E-state index in [1.807, 2.05) is 30.2 Å². The van der Waals surface area contributed by atoms with E-state index in [1.54, 1.807) is 13.1 Å². The molecule has 1 saturated heterocycles. The molecular weight excluding hydrogens is 316 g/mol. The van der Waals surface area contributed by atoms with Crippen LogP contribution in [0.15, 0.2) is 35.0 Å². The molecular formula is C19H26N4O2. The smallest absolute Gasteiger partial charge is 0.220 e. The number of pyridine rings is 1. The van der Waals surface area contributed by atoms with E-state index in [4.69, 9.17) is 4.42 Å². The first-order chi connectivity index (χ1) is 12.2. The second-order valence-electron chi connectivity index (χ2n) is 6.53. The molecule has 0 aliphatic carbocycles. The van der Waals surface area contributed by atoms with Crippen molar-refractivity contribution in [3.8, 4) is 0 Å². The number of hydrogen-bond acceptors (Lipinski definition) is 5. The third-order valence-electron chi connectivity index (χ3n) is 4.76. The van der Waals surface area contributed by atoms with Gasteiger partial charge >= 0.3 is 0 Å². The van der Waals surface area contributed by atoms with Gasteiger partial charge in [-0.05, 0) is 18.6 Å². The molecule has 0 N–H and O–H groups in total. The third-order valence-corrected chi connectivity index (χ3v) is 4.76. The summed E-state index contributed by atoms with van der Waals surface area (Å²) in [4.78, 5) is 25.1. The molecule has 1 amide bonds. The molecule has 0 bridgehead atoms. The molecule has 3 rings (SSSR count). The van der Waals surface area contributed by atoms with Crippen LogP contribution in [0.3, 0.4) is 0 Å². The minimum Gasteiger partial charge on any atom is -0.444 e. The maximum absolute atomic E-state index is 12.1. The van der Waals surface area contributed by atoms with Gasteiger partial charge in [0.15, 0.2) is 0 Å². The van der Waals surface area contributed by atoms with Crippen molar-refractivity contribution in [1.29, 1.82) is 0 Å². The quantitative estimate of drug-likeness (QED) is 0.772. The first kappa shape index (κ1) is 17.6. The Bertz CT molecular complexity index is 686. The Balaban J connectivity index is 1.55. The summed E-state index contributed by atoms with van der Waals surface area (Å²) in [6.45, 7) is 6.98. The lowest BCUT2D eigenvalue weighted by molar-refractivity contribution is -0.132. The van der Waals surface area contributed by atoms with Crippen molar-refractivity contribution in [3.63, 3.8) is 0 Å². The molecule has 134 valence electrons. The molecule has 0 spiro atoms. The van der Waals surface area contributed by atoms with Gasteiger partial charge in [0, 0.05) is 57.3 Å². The van der Waals surface area contributed by atoms with Crippen LogP contribution < -0.4 is 0 Å². The number of likely N-dealkylation sites (tertiary alicyclic amines) is 1. The summed E-state index contributed by atoms with van der Waals surface area (Å²) >= 11 is 0. The fourth-order valence-corrected chi connectivity index (χ4v) is 3.32. The van der Waals surface area contributed by atoms with Crippen molar-refractivity contribution >= 4 is 5.91 Å². The standard InChI is InChI=1S/C19H26N4O2/c1-3-18-12-21-19(25-18)14-23(15(2)24)17-8-11-22(13-17)10-7-16-6-4-5-9-20-16/h4-6,9,12,17H,3,7-8,10-11,13-14H2,1-2H3. The summed E-state index contributed by atoms with van der Waals surface area (Å²) in [6.07, 6.45) is 6.33. The number of carbonyl (C=O) groups is 1. The molecule has 1 aliphatic rings. The molecule has 1 atom stereocenters. The summed E-state index contributed by atoms with van der Waals surface area (Å²) in [7, 11) is 0. The minimum absolute atomic E-state index is 0.0767. The normalized spacial score (nSPS) is 17.8. The van der Waals surface area contributed by atoms with Crippen LogP contribution in [0.1, 0.15) is 37.6 Å². The topological polar surface area (TPSA) is 62.5 Å². The van der Waals surface area contributed by atoms with Gasteiger partial charge in [-0.15, -0.1) is 0 Å². The summed E-state index contributed by atoms with van der Waals surface area (Å²) in [6, 6.07) is 6.24. The van der Waals surface area contributed by atoms with Crippen molar-refractivity contribution in [2.24, 2.45) is 0 Å². The molecule has 3 heterocycles. The summed E-state index contributed by atoms with van der Waals surface area (Å²) in [5.74, 6) is 1.56. The number of rotatable bonds is 7. The van der Waals surface area contributed by atoms with Crippen molar-refractivity contribution in [2.45, 2.75) is 45.7 Å². The molecule has 1 aliphatic heterocycles. The van der Waals surface area contributed by atoms with Crippen LogP contribution in [0.4, 0.5) is 0 Å². The highest BCUT2D eigenvalue weighted by Crippen LogP contribution is 2.19. The van der Waals surface area contributed by atoms with Gasteiger partial charge in [0.25, 0.3) is 0 Å². The second-order valence-corrected chi connectivity index (χ2v) is 6.53. The van der Waals surface area contributed by atoms with Gasteiger partial charge in [-0.1, -0.05) is 13.0 Å². The zero-order valence-electron chi connectivity index (χ0n) is 15.0. The predicted molar refractivity (Wildman–Crippen MR) is 94.9 cm³/mol. The van der Waals surface area contributed by atoms with E-state index in [-0.39, 0.29) is 11.9 Å². The lowest BCUT2D eigenvalue weighted by atomic mass is 10.2. The van der Waals surface area contributed by atoms with Crippen molar-refractivity contribution in [1.82, 2.24) is 19.8 Å². The first-order valence-corrected chi connectivity index (χ1v) is 8.98. The molecule has 0 aromatic carbocycles. The van der Waals surface area contributed by atoms with E-state index in [2.05, 4.69) is 20.9 Å². The number of amides is 1. The highest BCUT2D eigenvalue weighted by molar-refractivity contribution is 5.73. The van der Waals surface area contributed by atoms with Crippen LogP contribution in [0.5, 0.6) is 0 Å². The molecule has 0 radical (unpaired) electrons. The molecule has 2 aromatic rings. The molecule has 1 unspecified atom stereocenters. The fraction of sp³-hybridized carbons (Fsp3) is 0.526. The number of carbonyl (C=O) groups excluding carboxylic acids is 1. The summed E-state index contributed by atoms with van der Waals surface area (Å²) in [5.41, 5.74) is 1.11. The SMILES string of the molecule is CCc1cnc(CN(C(C)=O)C2CCN(CCc3ccccn3)C2)o1. The van der Waals surface area contributed by atoms with Crippen LogP contribution >= 0.6 is 0 Å². The lowest BCUT2D eigenvalue weighted by Crippen LogP contribution is -2.40. The predicted octanol–water partition coefficient (Wildman–Crippen LogP) is 2.30. The first-order valence-electron chi connectivity index (χ1n) is 8.98. The van der Waals surface area contributed by atoms with Gasteiger partial charge < -0.3 is 14.2 Å². The Labute approximate surface area is 148 Å². The average molecular weight is 342 g/mol. The third kappa shape index (κ3) is 4.66. The van der Waals surface area contributed by atoms with Gasteiger partial charge in [-0.3, -0.25) is 9.78 Å². The van der Waals surface area contributed by atoms with Gasteiger partial charge in [-0.2, -0.15) is 0 Å². The largest absolute Gasteiger partial charge is 0.444 e. The fourth-order valence-electron chi connectivity index (χ4n) is 3.32. The minimum atomic E-state index is 0.0767. The van der Waals surface area contributed by atoms with Gasteiger partial charge in [0.2, 0.25) is 11.8 Å². The lowest BCUT2D eigenvalue weighted by Gasteiger charge is -2.27. The Kier molecular flexibility index (Phi) is 5.81. The van der Waals surface area contributed by atoms with Crippen molar-refractivity contribution in [2.75, 3.05) is 19.6 Å². The molecule has 0 saturated carbocycles. The molecule has 6 heteroatoms.